The third kappa shape index (κ3) is 6.41. The van der Waals surface area contributed by atoms with Gasteiger partial charge in [-0.25, -0.2) is 0 Å². The summed E-state index contributed by atoms with van der Waals surface area (Å²) in [6.45, 7) is 7.17. The first-order valence-corrected chi connectivity index (χ1v) is 6.10. The summed E-state index contributed by atoms with van der Waals surface area (Å²) in [4.78, 5) is 0. The van der Waals surface area contributed by atoms with Crippen LogP contribution in [-0.2, 0) is 22.6 Å². The summed E-state index contributed by atoms with van der Waals surface area (Å²) in [7, 11) is 1.68. The molecule has 0 saturated carbocycles. The van der Waals surface area contributed by atoms with E-state index < -0.39 is 0 Å². The van der Waals surface area contributed by atoms with Gasteiger partial charge < -0.3 is 14.8 Å². The van der Waals surface area contributed by atoms with Crippen LogP contribution in [0.25, 0.3) is 0 Å². The summed E-state index contributed by atoms with van der Waals surface area (Å²) in [5.74, 6) is 0. The molecule has 3 heteroatoms. The maximum absolute atomic E-state index is 5.46. The fraction of sp³-hybridized carbons (Fsp3) is 0.571. The SMILES string of the molecule is COCCOCc1ccc(CNC(C)C)cc1. The Kier molecular flexibility index (Phi) is 6.86. The van der Waals surface area contributed by atoms with E-state index in [0.29, 0.717) is 25.9 Å². The molecule has 0 aliphatic rings. The largest absolute Gasteiger partial charge is 0.382 e. The molecule has 17 heavy (non-hydrogen) atoms. The second kappa shape index (κ2) is 8.23. The molecule has 1 rings (SSSR count). The van der Waals surface area contributed by atoms with E-state index in [1.165, 1.54) is 11.1 Å². The Morgan fingerprint density at radius 3 is 2.29 bits per heavy atom. The Hall–Kier alpha value is -0.900. The number of rotatable bonds is 8. The maximum atomic E-state index is 5.46. The topological polar surface area (TPSA) is 30.5 Å². The van der Waals surface area contributed by atoms with Crippen molar-refractivity contribution in [2.75, 3.05) is 20.3 Å². The van der Waals surface area contributed by atoms with E-state index in [9.17, 15) is 0 Å². The van der Waals surface area contributed by atoms with E-state index >= 15 is 0 Å². The van der Waals surface area contributed by atoms with Crippen LogP contribution in [-0.4, -0.2) is 26.4 Å². The number of nitrogens with one attached hydrogen (secondary N) is 1. The van der Waals surface area contributed by atoms with Gasteiger partial charge in [0.1, 0.15) is 0 Å². The molecular weight excluding hydrogens is 214 g/mol. The predicted octanol–water partition coefficient (Wildman–Crippen LogP) is 2.35. The predicted molar refractivity (Wildman–Crippen MR) is 69.9 cm³/mol. The highest BCUT2D eigenvalue weighted by Crippen LogP contribution is 2.06. The van der Waals surface area contributed by atoms with Crippen molar-refractivity contribution in [2.24, 2.45) is 0 Å². The minimum absolute atomic E-state index is 0.520. The Bertz CT molecular complexity index is 296. The summed E-state index contributed by atoms with van der Waals surface area (Å²) in [5.41, 5.74) is 2.51. The minimum Gasteiger partial charge on any atom is -0.382 e. The Morgan fingerprint density at radius 2 is 1.71 bits per heavy atom. The number of methoxy groups -OCH3 is 1. The van der Waals surface area contributed by atoms with E-state index in [1.54, 1.807) is 7.11 Å². The van der Waals surface area contributed by atoms with Gasteiger partial charge in [0, 0.05) is 19.7 Å². The Morgan fingerprint density at radius 1 is 1.06 bits per heavy atom. The molecule has 0 aliphatic heterocycles. The normalized spacial score (nSPS) is 11.1. The second-order valence-electron chi connectivity index (χ2n) is 4.40. The van der Waals surface area contributed by atoms with Gasteiger partial charge in [-0.1, -0.05) is 38.1 Å². The van der Waals surface area contributed by atoms with Gasteiger partial charge in [-0.05, 0) is 11.1 Å². The lowest BCUT2D eigenvalue weighted by Crippen LogP contribution is -2.21. The maximum Gasteiger partial charge on any atom is 0.0718 e. The van der Waals surface area contributed by atoms with E-state index in [4.69, 9.17) is 9.47 Å². The van der Waals surface area contributed by atoms with Crippen molar-refractivity contribution in [3.8, 4) is 0 Å². The summed E-state index contributed by atoms with van der Waals surface area (Å²) < 4.78 is 10.4. The van der Waals surface area contributed by atoms with Crippen molar-refractivity contribution < 1.29 is 9.47 Å². The molecule has 0 radical (unpaired) electrons. The first kappa shape index (κ1) is 14.2. The molecule has 3 nitrogen and oxygen atoms in total. The van der Waals surface area contributed by atoms with Gasteiger partial charge in [-0.15, -0.1) is 0 Å². The molecule has 0 heterocycles. The van der Waals surface area contributed by atoms with Gasteiger partial charge >= 0.3 is 0 Å². The van der Waals surface area contributed by atoms with Crippen LogP contribution in [0.4, 0.5) is 0 Å². The lowest BCUT2D eigenvalue weighted by Gasteiger charge is -2.09. The molecule has 1 aromatic rings. The molecule has 0 atom stereocenters. The third-order valence-electron chi connectivity index (χ3n) is 2.44. The van der Waals surface area contributed by atoms with E-state index in [-0.39, 0.29) is 0 Å². The standard InChI is InChI=1S/C14H23NO2/c1-12(2)15-10-13-4-6-14(7-5-13)11-17-9-8-16-3/h4-7,12,15H,8-11H2,1-3H3. The molecule has 1 N–H and O–H groups in total. The summed E-state index contributed by atoms with van der Waals surface area (Å²) >= 11 is 0. The van der Waals surface area contributed by atoms with Crippen LogP contribution in [0.3, 0.4) is 0 Å². The van der Waals surface area contributed by atoms with Crippen molar-refractivity contribution in [1.29, 1.82) is 0 Å². The number of hydrogen-bond donors (Lipinski definition) is 1. The monoisotopic (exact) mass is 237 g/mol. The van der Waals surface area contributed by atoms with Crippen LogP contribution in [0.15, 0.2) is 24.3 Å². The molecule has 0 bridgehead atoms. The van der Waals surface area contributed by atoms with Gasteiger partial charge in [0.15, 0.2) is 0 Å². The van der Waals surface area contributed by atoms with Crippen molar-refractivity contribution in [1.82, 2.24) is 5.32 Å². The molecular formula is C14H23NO2. The lowest BCUT2D eigenvalue weighted by molar-refractivity contribution is 0.0616. The molecule has 0 aliphatic carbocycles. The van der Waals surface area contributed by atoms with Crippen molar-refractivity contribution in [2.45, 2.75) is 33.0 Å². The zero-order chi connectivity index (χ0) is 12.5. The minimum atomic E-state index is 0.520. The van der Waals surface area contributed by atoms with Crippen LogP contribution in [0.1, 0.15) is 25.0 Å². The van der Waals surface area contributed by atoms with E-state index in [1.807, 2.05) is 0 Å². The highest BCUT2D eigenvalue weighted by molar-refractivity contribution is 5.21. The van der Waals surface area contributed by atoms with Crippen LogP contribution in [0, 0.1) is 0 Å². The van der Waals surface area contributed by atoms with Gasteiger partial charge in [0.05, 0.1) is 19.8 Å². The summed E-state index contributed by atoms with van der Waals surface area (Å²) in [5, 5.41) is 3.39. The Balaban J connectivity index is 2.29. The van der Waals surface area contributed by atoms with Crippen LogP contribution < -0.4 is 5.32 Å². The molecule has 0 spiro atoms. The third-order valence-corrected chi connectivity index (χ3v) is 2.44. The van der Waals surface area contributed by atoms with Crippen LogP contribution >= 0.6 is 0 Å². The highest BCUT2D eigenvalue weighted by Gasteiger charge is 1.97. The molecule has 96 valence electrons. The van der Waals surface area contributed by atoms with Gasteiger partial charge in [-0.2, -0.15) is 0 Å². The average Bonchev–Trinajstić information content (AvgIpc) is 2.33. The summed E-state index contributed by atoms with van der Waals surface area (Å²) in [6, 6.07) is 9.04. The molecule has 0 saturated heterocycles. The molecule has 0 unspecified atom stereocenters. The average molecular weight is 237 g/mol. The smallest absolute Gasteiger partial charge is 0.0718 e. The van der Waals surface area contributed by atoms with Gasteiger partial charge in [0.25, 0.3) is 0 Å². The van der Waals surface area contributed by atoms with Crippen LogP contribution in [0.5, 0.6) is 0 Å². The van der Waals surface area contributed by atoms with Crippen molar-refractivity contribution >= 4 is 0 Å². The lowest BCUT2D eigenvalue weighted by atomic mass is 10.1. The quantitative estimate of drug-likeness (QED) is 0.704. The molecule has 0 fully saturated rings. The van der Waals surface area contributed by atoms with Gasteiger partial charge in [-0.3, -0.25) is 0 Å². The zero-order valence-electron chi connectivity index (χ0n) is 11.0. The van der Waals surface area contributed by atoms with Crippen LogP contribution in [0.2, 0.25) is 0 Å². The second-order valence-corrected chi connectivity index (χ2v) is 4.40. The zero-order valence-corrected chi connectivity index (χ0v) is 11.0. The first-order valence-electron chi connectivity index (χ1n) is 6.10. The van der Waals surface area contributed by atoms with E-state index in [2.05, 4.69) is 43.4 Å². The molecule has 0 aromatic heterocycles. The number of ether oxygens (including phenoxy) is 2. The van der Waals surface area contributed by atoms with Crippen molar-refractivity contribution in [3.63, 3.8) is 0 Å². The first-order chi connectivity index (χ1) is 8.22. The highest BCUT2D eigenvalue weighted by atomic mass is 16.5. The molecule has 0 amide bonds. The summed E-state index contributed by atoms with van der Waals surface area (Å²) in [6.07, 6.45) is 0. The molecule has 1 aromatic carbocycles. The fourth-order valence-corrected chi connectivity index (χ4v) is 1.41. The van der Waals surface area contributed by atoms with E-state index in [0.717, 1.165) is 6.54 Å². The Labute approximate surface area is 104 Å². The van der Waals surface area contributed by atoms with Crippen molar-refractivity contribution in [3.05, 3.63) is 35.4 Å². The number of benzene rings is 1. The number of hydrogen-bond acceptors (Lipinski definition) is 3. The fourth-order valence-electron chi connectivity index (χ4n) is 1.41. The van der Waals surface area contributed by atoms with Gasteiger partial charge in [0.2, 0.25) is 0 Å².